The molecular formula is C25H19Br2FN2O4. The fourth-order valence-corrected chi connectivity index (χ4v) is 4.48. The number of hydrogen-bond acceptors (Lipinski definition) is 5. The van der Waals surface area contributed by atoms with Crippen molar-refractivity contribution in [3.05, 3.63) is 92.3 Å². The van der Waals surface area contributed by atoms with Crippen molar-refractivity contribution in [3.8, 4) is 11.5 Å². The second-order valence-corrected chi connectivity index (χ2v) is 8.94. The summed E-state index contributed by atoms with van der Waals surface area (Å²) in [5.41, 5.74) is 4.58. The lowest BCUT2D eigenvalue weighted by atomic mass is 10.2. The number of furan rings is 1. The van der Waals surface area contributed by atoms with Crippen LogP contribution < -0.4 is 14.9 Å². The van der Waals surface area contributed by atoms with Crippen LogP contribution in [-0.4, -0.2) is 18.7 Å². The first kappa shape index (κ1) is 24.0. The van der Waals surface area contributed by atoms with Gasteiger partial charge in [-0.3, -0.25) is 4.79 Å². The Bertz CT molecular complexity index is 1350. The Labute approximate surface area is 212 Å². The first-order valence-corrected chi connectivity index (χ1v) is 11.9. The summed E-state index contributed by atoms with van der Waals surface area (Å²) in [5.74, 6) is 0.458. The molecule has 34 heavy (non-hydrogen) atoms. The molecule has 174 valence electrons. The SMILES string of the molecule is CCOc1cc(/C=N\NC(=O)c2cc3cc(Br)cc(Br)c3o2)ccc1OCc1ccc(F)cc1. The minimum atomic E-state index is -0.472. The van der Waals surface area contributed by atoms with E-state index in [1.54, 1.807) is 36.4 Å². The van der Waals surface area contributed by atoms with Gasteiger partial charge in [0.1, 0.15) is 18.0 Å². The number of hydrogen-bond donors (Lipinski definition) is 1. The van der Waals surface area contributed by atoms with Crippen LogP contribution in [0.4, 0.5) is 4.39 Å². The van der Waals surface area contributed by atoms with Gasteiger partial charge in [-0.2, -0.15) is 5.10 Å². The quantitative estimate of drug-likeness (QED) is 0.180. The van der Waals surface area contributed by atoms with E-state index < -0.39 is 5.91 Å². The molecule has 0 saturated carbocycles. The summed E-state index contributed by atoms with van der Waals surface area (Å²) < 4.78 is 31.8. The van der Waals surface area contributed by atoms with E-state index in [0.717, 1.165) is 19.9 Å². The minimum absolute atomic E-state index is 0.144. The molecule has 0 unspecified atom stereocenters. The van der Waals surface area contributed by atoms with Crippen LogP contribution in [-0.2, 0) is 6.61 Å². The summed E-state index contributed by atoms with van der Waals surface area (Å²) in [7, 11) is 0. The third-order valence-corrected chi connectivity index (χ3v) is 5.76. The van der Waals surface area contributed by atoms with Gasteiger partial charge in [0.25, 0.3) is 0 Å². The van der Waals surface area contributed by atoms with Crippen LogP contribution in [0.25, 0.3) is 11.0 Å². The van der Waals surface area contributed by atoms with Crippen LogP contribution in [0.5, 0.6) is 11.5 Å². The number of ether oxygens (including phenoxy) is 2. The molecule has 0 aliphatic heterocycles. The van der Waals surface area contributed by atoms with E-state index in [1.807, 2.05) is 19.1 Å². The van der Waals surface area contributed by atoms with Crippen LogP contribution in [0.1, 0.15) is 28.6 Å². The van der Waals surface area contributed by atoms with Gasteiger partial charge >= 0.3 is 5.91 Å². The van der Waals surface area contributed by atoms with Crippen LogP contribution in [0.2, 0.25) is 0 Å². The summed E-state index contributed by atoms with van der Waals surface area (Å²) in [4.78, 5) is 12.5. The number of fused-ring (bicyclic) bond motifs is 1. The van der Waals surface area contributed by atoms with Crippen LogP contribution in [0, 0.1) is 5.82 Å². The Morgan fingerprint density at radius 2 is 1.85 bits per heavy atom. The highest BCUT2D eigenvalue weighted by molar-refractivity contribution is 9.11. The van der Waals surface area contributed by atoms with E-state index in [0.29, 0.717) is 29.3 Å². The summed E-state index contributed by atoms with van der Waals surface area (Å²) in [5, 5.41) is 4.81. The van der Waals surface area contributed by atoms with Crippen molar-refractivity contribution in [2.24, 2.45) is 5.10 Å². The van der Waals surface area contributed by atoms with E-state index in [4.69, 9.17) is 13.9 Å². The average Bonchev–Trinajstić information content (AvgIpc) is 3.24. The number of nitrogens with zero attached hydrogens (tertiary/aromatic N) is 1. The Morgan fingerprint density at radius 1 is 1.06 bits per heavy atom. The largest absolute Gasteiger partial charge is 0.490 e. The number of amides is 1. The molecular weight excluding hydrogens is 571 g/mol. The molecule has 0 spiro atoms. The average molecular weight is 590 g/mol. The topological polar surface area (TPSA) is 73.1 Å². The van der Waals surface area contributed by atoms with Crippen LogP contribution >= 0.6 is 31.9 Å². The Kier molecular flexibility index (Phi) is 7.64. The number of hydrazone groups is 1. The van der Waals surface area contributed by atoms with Crippen LogP contribution in [0.3, 0.4) is 0 Å². The molecule has 0 saturated heterocycles. The number of benzene rings is 3. The molecule has 4 rings (SSSR count). The standard InChI is InChI=1S/C25H19Br2FN2O4/c1-2-32-22-9-16(5-8-21(22)33-14-15-3-6-19(28)7-4-15)13-29-30-25(31)23-11-17-10-18(26)12-20(27)24(17)34-23/h3-13H,2,14H2,1H3,(H,30,31)/b29-13-. The molecule has 0 fully saturated rings. The molecule has 1 heterocycles. The minimum Gasteiger partial charge on any atom is -0.490 e. The van der Waals surface area contributed by atoms with Crippen molar-refractivity contribution in [3.63, 3.8) is 0 Å². The van der Waals surface area contributed by atoms with E-state index in [9.17, 15) is 9.18 Å². The Morgan fingerprint density at radius 3 is 2.62 bits per heavy atom. The highest BCUT2D eigenvalue weighted by atomic mass is 79.9. The summed E-state index contributed by atoms with van der Waals surface area (Å²) >= 11 is 6.84. The predicted molar refractivity (Wildman–Crippen MR) is 135 cm³/mol. The predicted octanol–water partition coefficient (Wildman–Crippen LogP) is 6.84. The van der Waals surface area contributed by atoms with Gasteiger partial charge < -0.3 is 13.9 Å². The molecule has 1 N–H and O–H groups in total. The first-order chi connectivity index (χ1) is 16.4. The van der Waals surface area contributed by atoms with E-state index in [2.05, 4.69) is 42.4 Å². The van der Waals surface area contributed by atoms with Gasteiger partial charge in [-0.1, -0.05) is 28.1 Å². The fraction of sp³-hybridized carbons (Fsp3) is 0.120. The normalized spacial score (nSPS) is 11.2. The molecule has 4 aromatic rings. The molecule has 0 atom stereocenters. The monoisotopic (exact) mass is 588 g/mol. The number of carbonyl (C=O) groups is 1. The summed E-state index contributed by atoms with van der Waals surface area (Å²) in [6.07, 6.45) is 1.50. The van der Waals surface area contributed by atoms with Gasteiger partial charge in [0.2, 0.25) is 0 Å². The molecule has 1 amide bonds. The van der Waals surface area contributed by atoms with Gasteiger partial charge in [0, 0.05) is 9.86 Å². The van der Waals surface area contributed by atoms with E-state index in [1.165, 1.54) is 18.3 Å². The number of rotatable bonds is 8. The molecule has 3 aromatic carbocycles. The maximum absolute atomic E-state index is 13.1. The number of nitrogens with one attached hydrogen (secondary N) is 1. The smallest absolute Gasteiger partial charge is 0.307 e. The lowest BCUT2D eigenvalue weighted by Gasteiger charge is -2.12. The van der Waals surface area contributed by atoms with E-state index in [-0.39, 0.29) is 18.2 Å². The second-order valence-electron chi connectivity index (χ2n) is 7.17. The third-order valence-electron chi connectivity index (χ3n) is 4.71. The Balaban J connectivity index is 1.43. The molecule has 6 nitrogen and oxygen atoms in total. The zero-order valence-electron chi connectivity index (χ0n) is 18.0. The van der Waals surface area contributed by atoms with Crippen molar-refractivity contribution in [2.75, 3.05) is 6.61 Å². The lowest BCUT2D eigenvalue weighted by Crippen LogP contribution is -2.16. The molecule has 9 heteroatoms. The zero-order chi connectivity index (χ0) is 24.1. The molecule has 0 aliphatic carbocycles. The van der Waals surface area contributed by atoms with Gasteiger partial charge in [-0.05, 0) is 82.5 Å². The van der Waals surface area contributed by atoms with Crippen molar-refractivity contribution in [2.45, 2.75) is 13.5 Å². The summed E-state index contributed by atoms with van der Waals surface area (Å²) in [6, 6.07) is 16.8. The van der Waals surface area contributed by atoms with Crippen molar-refractivity contribution < 1.29 is 23.1 Å². The fourth-order valence-electron chi connectivity index (χ4n) is 3.14. The zero-order valence-corrected chi connectivity index (χ0v) is 21.2. The van der Waals surface area contributed by atoms with Gasteiger partial charge in [-0.25, -0.2) is 9.82 Å². The molecule has 0 radical (unpaired) electrons. The number of halogens is 3. The first-order valence-electron chi connectivity index (χ1n) is 10.3. The summed E-state index contributed by atoms with van der Waals surface area (Å²) in [6.45, 7) is 2.59. The van der Waals surface area contributed by atoms with Crippen molar-refractivity contribution in [1.29, 1.82) is 0 Å². The van der Waals surface area contributed by atoms with Gasteiger partial charge in [0.15, 0.2) is 17.3 Å². The molecule has 1 aromatic heterocycles. The van der Waals surface area contributed by atoms with Crippen LogP contribution in [0.15, 0.2) is 79.1 Å². The highest BCUT2D eigenvalue weighted by Crippen LogP contribution is 2.31. The Hall–Kier alpha value is -3.17. The van der Waals surface area contributed by atoms with E-state index >= 15 is 0 Å². The van der Waals surface area contributed by atoms with Crippen molar-refractivity contribution in [1.82, 2.24) is 5.43 Å². The number of carbonyl (C=O) groups excluding carboxylic acids is 1. The maximum Gasteiger partial charge on any atom is 0.307 e. The lowest BCUT2D eigenvalue weighted by molar-refractivity contribution is 0.0929. The molecule has 0 bridgehead atoms. The molecule has 0 aliphatic rings. The highest BCUT2D eigenvalue weighted by Gasteiger charge is 2.14. The van der Waals surface area contributed by atoms with Gasteiger partial charge in [0.05, 0.1) is 17.3 Å². The second kappa shape index (κ2) is 10.8. The third kappa shape index (κ3) is 5.84. The van der Waals surface area contributed by atoms with Gasteiger partial charge in [-0.15, -0.1) is 0 Å². The maximum atomic E-state index is 13.1. The van der Waals surface area contributed by atoms with Crippen molar-refractivity contribution >= 4 is 55.0 Å².